The minimum Gasteiger partial charge on any atom is -0.456 e. The number of nitrogens with zero attached hydrogens (tertiary/aromatic N) is 2. The summed E-state index contributed by atoms with van der Waals surface area (Å²) in [6.45, 7) is 0. The van der Waals surface area contributed by atoms with E-state index in [4.69, 9.17) is 4.42 Å². The largest absolute Gasteiger partial charge is 0.456 e. The van der Waals surface area contributed by atoms with E-state index >= 15 is 0 Å². The average Bonchev–Trinajstić information content (AvgIpc) is 4.02. The second kappa shape index (κ2) is 13.1. The summed E-state index contributed by atoms with van der Waals surface area (Å²) in [7, 11) is 0. The highest BCUT2D eigenvalue weighted by molar-refractivity contribution is 6.06. The van der Waals surface area contributed by atoms with Crippen LogP contribution in [0.4, 0.5) is 34.1 Å². The van der Waals surface area contributed by atoms with E-state index < -0.39 is 0 Å². The number of anilines is 6. The van der Waals surface area contributed by atoms with Crippen LogP contribution >= 0.6 is 0 Å². The number of hydrogen-bond donors (Lipinski definition) is 0. The summed E-state index contributed by atoms with van der Waals surface area (Å²) in [6, 6.07) is 71.2. The smallest absolute Gasteiger partial charge is 0.137 e. The number of furan rings is 1. The molecule has 0 radical (unpaired) electrons. The van der Waals surface area contributed by atoms with Gasteiger partial charge in [0.05, 0.1) is 17.1 Å². The molecule has 1 saturated carbocycles. The summed E-state index contributed by atoms with van der Waals surface area (Å²) in [4.78, 5) is 5.08. The minimum atomic E-state index is -0.150. The third-order valence-corrected chi connectivity index (χ3v) is 13.5. The first kappa shape index (κ1) is 33.3. The van der Waals surface area contributed by atoms with Gasteiger partial charge in [-0.15, -0.1) is 0 Å². The fourth-order valence-corrected chi connectivity index (χ4v) is 11.4. The van der Waals surface area contributed by atoms with Crippen LogP contribution in [0.25, 0.3) is 33.1 Å². The van der Waals surface area contributed by atoms with E-state index in [1.165, 1.54) is 69.0 Å². The molecular weight excluding hydrogens is 705 g/mol. The normalized spacial score (nSPS) is 18.8. The molecule has 0 bridgehead atoms. The summed E-state index contributed by atoms with van der Waals surface area (Å²) < 4.78 is 6.53. The Kier molecular flexibility index (Phi) is 7.53. The van der Waals surface area contributed by atoms with E-state index in [0.717, 1.165) is 46.2 Å². The van der Waals surface area contributed by atoms with Crippen LogP contribution in [-0.2, 0) is 18.3 Å². The molecule has 0 aliphatic heterocycles. The van der Waals surface area contributed by atoms with Gasteiger partial charge in [-0.3, -0.25) is 0 Å². The summed E-state index contributed by atoms with van der Waals surface area (Å²) in [6.07, 6.45) is 4.64. The van der Waals surface area contributed by atoms with Gasteiger partial charge >= 0.3 is 0 Å². The Morgan fingerprint density at radius 2 is 0.948 bits per heavy atom. The van der Waals surface area contributed by atoms with Crippen LogP contribution in [0.3, 0.4) is 0 Å². The minimum absolute atomic E-state index is 0.150. The molecule has 1 heterocycles. The number of hydrogen-bond acceptors (Lipinski definition) is 3. The molecule has 0 amide bonds. The van der Waals surface area contributed by atoms with Crippen molar-refractivity contribution in [2.24, 2.45) is 11.8 Å². The van der Waals surface area contributed by atoms with Gasteiger partial charge in [0.1, 0.15) is 11.2 Å². The van der Waals surface area contributed by atoms with Crippen molar-refractivity contribution >= 4 is 56.1 Å². The van der Waals surface area contributed by atoms with Crippen molar-refractivity contribution in [3.05, 3.63) is 216 Å². The van der Waals surface area contributed by atoms with Crippen LogP contribution in [0.2, 0.25) is 0 Å². The molecule has 1 aromatic heterocycles. The lowest BCUT2D eigenvalue weighted by atomic mass is 9.68. The standard InChI is InChI=1S/C55H42N2O/c1-4-16-37(17-5-1)45-24-10-12-26-48(45)57(43-22-8-3-9-23-43)50-28-15-19-39-35-41-31-30-40-34-38-18-14-27-49(53(38)55(40,41)54(39)50)56(42-20-6-2-7-21-42)44-32-33-47-46-25-11-13-29-51(46)58-52(47)36-44/h1-29,32-33,36,40-41H,30-31,34-35H2. The topological polar surface area (TPSA) is 19.6 Å². The van der Waals surface area contributed by atoms with Gasteiger partial charge in [-0.2, -0.15) is 0 Å². The van der Waals surface area contributed by atoms with Gasteiger partial charge in [0.25, 0.3) is 0 Å². The predicted octanol–water partition coefficient (Wildman–Crippen LogP) is 14.6. The lowest BCUT2D eigenvalue weighted by Crippen LogP contribution is -2.34. The zero-order valence-corrected chi connectivity index (χ0v) is 32.3. The van der Waals surface area contributed by atoms with Crippen LogP contribution in [0.15, 0.2) is 199 Å². The molecule has 12 rings (SSSR count). The number of para-hydroxylation sites is 4. The molecule has 3 heteroatoms. The zero-order valence-electron chi connectivity index (χ0n) is 32.3. The summed E-state index contributed by atoms with van der Waals surface area (Å²) in [5.74, 6) is 1.02. The van der Waals surface area contributed by atoms with Gasteiger partial charge in [0.2, 0.25) is 0 Å². The number of benzene rings is 8. The molecule has 9 aromatic rings. The molecule has 3 unspecified atom stereocenters. The maximum atomic E-state index is 6.53. The van der Waals surface area contributed by atoms with Crippen molar-refractivity contribution in [2.75, 3.05) is 9.80 Å². The Bertz CT molecular complexity index is 2980. The Hall–Kier alpha value is -6.84. The Labute approximate surface area is 339 Å². The van der Waals surface area contributed by atoms with E-state index in [-0.39, 0.29) is 5.41 Å². The second-order valence-corrected chi connectivity index (χ2v) is 16.4. The maximum absolute atomic E-state index is 6.53. The third-order valence-electron chi connectivity index (χ3n) is 13.5. The van der Waals surface area contributed by atoms with Gasteiger partial charge in [0.15, 0.2) is 0 Å². The van der Waals surface area contributed by atoms with E-state index in [2.05, 4.69) is 204 Å². The molecule has 3 nitrogen and oxygen atoms in total. The molecule has 278 valence electrons. The van der Waals surface area contributed by atoms with Crippen LogP contribution in [-0.4, -0.2) is 0 Å². The summed E-state index contributed by atoms with van der Waals surface area (Å²) in [5, 5.41) is 2.30. The van der Waals surface area contributed by atoms with Crippen molar-refractivity contribution in [1.82, 2.24) is 0 Å². The third kappa shape index (κ3) is 4.86. The SMILES string of the molecule is c1ccc(-c2ccccc2N(c2ccccc2)c2cccc3c2C24c5c(cccc5N(c5ccccc5)c5ccc6c(c5)oc5ccccc56)CC2CCC4C3)cc1. The molecule has 1 fully saturated rings. The summed E-state index contributed by atoms with van der Waals surface area (Å²) in [5.41, 5.74) is 17.3. The monoisotopic (exact) mass is 746 g/mol. The van der Waals surface area contributed by atoms with E-state index in [1.54, 1.807) is 0 Å². The predicted molar refractivity (Wildman–Crippen MR) is 239 cm³/mol. The lowest BCUT2D eigenvalue weighted by molar-refractivity contribution is 0.350. The van der Waals surface area contributed by atoms with Crippen molar-refractivity contribution in [2.45, 2.75) is 31.1 Å². The fourth-order valence-electron chi connectivity index (χ4n) is 11.4. The molecule has 3 aliphatic rings. The van der Waals surface area contributed by atoms with Crippen LogP contribution in [0.1, 0.15) is 35.1 Å². The summed E-state index contributed by atoms with van der Waals surface area (Å²) >= 11 is 0. The van der Waals surface area contributed by atoms with Gasteiger partial charge in [0, 0.05) is 44.9 Å². The van der Waals surface area contributed by atoms with Gasteiger partial charge in [-0.1, -0.05) is 127 Å². The van der Waals surface area contributed by atoms with Crippen LogP contribution < -0.4 is 9.80 Å². The Balaban J connectivity index is 1.11. The first-order chi connectivity index (χ1) is 28.8. The molecular formula is C55H42N2O. The highest BCUT2D eigenvalue weighted by atomic mass is 16.3. The van der Waals surface area contributed by atoms with E-state index in [9.17, 15) is 0 Å². The van der Waals surface area contributed by atoms with Crippen molar-refractivity contribution in [3.63, 3.8) is 0 Å². The molecule has 0 N–H and O–H groups in total. The van der Waals surface area contributed by atoms with E-state index in [0.29, 0.717) is 11.8 Å². The van der Waals surface area contributed by atoms with E-state index in [1.807, 2.05) is 0 Å². The molecule has 58 heavy (non-hydrogen) atoms. The van der Waals surface area contributed by atoms with Crippen LogP contribution in [0.5, 0.6) is 0 Å². The fraction of sp³-hybridized carbons (Fsp3) is 0.127. The van der Waals surface area contributed by atoms with Crippen LogP contribution in [0, 0.1) is 11.8 Å². The molecule has 3 atom stereocenters. The first-order valence-electron chi connectivity index (χ1n) is 20.8. The highest BCUT2D eigenvalue weighted by Crippen LogP contribution is 2.69. The van der Waals surface area contributed by atoms with Gasteiger partial charge in [-0.25, -0.2) is 0 Å². The quantitative estimate of drug-likeness (QED) is 0.162. The first-order valence-corrected chi connectivity index (χ1v) is 20.8. The Morgan fingerprint density at radius 3 is 1.64 bits per heavy atom. The molecule has 8 aromatic carbocycles. The van der Waals surface area contributed by atoms with Crippen molar-refractivity contribution in [3.8, 4) is 11.1 Å². The number of fused-ring (bicyclic) bond motifs is 5. The molecule has 3 aliphatic carbocycles. The zero-order chi connectivity index (χ0) is 38.2. The number of rotatable bonds is 7. The highest BCUT2D eigenvalue weighted by Gasteiger charge is 2.62. The second-order valence-electron chi connectivity index (χ2n) is 16.4. The van der Waals surface area contributed by atoms with Crippen molar-refractivity contribution in [1.29, 1.82) is 0 Å². The van der Waals surface area contributed by atoms with Gasteiger partial charge in [-0.05, 0) is 126 Å². The lowest BCUT2D eigenvalue weighted by Gasteiger charge is -2.40. The maximum Gasteiger partial charge on any atom is 0.137 e. The average molecular weight is 747 g/mol. The van der Waals surface area contributed by atoms with Crippen molar-refractivity contribution < 1.29 is 4.42 Å². The Morgan fingerprint density at radius 1 is 0.414 bits per heavy atom. The van der Waals surface area contributed by atoms with Gasteiger partial charge < -0.3 is 14.2 Å². The molecule has 0 saturated heterocycles. The molecule has 1 spiro atoms.